The Morgan fingerprint density at radius 2 is 2.33 bits per heavy atom. The topological polar surface area (TPSA) is 26.7 Å². The number of benzene rings is 1. The number of hydrogen-bond acceptors (Lipinski definition) is 2. The Bertz CT molecular complexity index is 485. The third-order valence-corrected chi connectivity index (χ3v) is 2.78. The van der Waals surface area contributed by atoms with Crippen LogP contribution in [0.4, 0.5) is 0 Å². The van der Waals surface area contributed by atoms with Crippen LogP contribution in [0.15, 0.2) is 30.5 Å². The molecule has 2 aromatic rings. The molecule has 1 atom stereocenters. The summed E-state index contributed by atoms with van der Waals surface area (Å²) in [5, 5.41) is 1.22. The molecular formula is C12H13NO2. The van der Waals surface area contributed by atoms with Gasteiger partial charge in [-0.15, -0.1) is 0 Å². The van der Waals surface area contributed by atoms with Gasteiger partial charge in [-0.3, -0.25) is 0 Å². The first-order valence-electron chi connectivity index (χ1n) is 5.11. The van der Waals surface area contributed by atoms with Gasteiger partial charge in [0.05, 0.1) is 26.4 Å². The lowest BCUT2D eigenvalue weighted by Gasteiger charge is -2.03. The van der Waals surface area contributed by atoms with Crippen LogP contribution >= 0.6 is 0 Å². The smallest absolute Gasteiger partial charge is 0.119 e. The minimum atomic E-state index is 0.419. The van der Waals surface area contributed by atoms with Gasteiger partial charge in [-0.25, -0.2) is 0 Å². The van der Waals surface area contributed by atoms with Crippen LogP contribution in [-0.4, -0.2) is 24.4 Å². The maximum Gasteiger partial charge on any atom is 0.119 e. The predicted molar refractivity (Wildman–Crippen MR) is 58.2 cm³/mol. The van der Waals surface area contributed by atoms with E-state index in [0.717, 1.165) is 18.9 Å². The molecule has 3 rings (SSSR count). The number of aromatic nitrogens is 1. The van der Waals surface area contributed by atoms with Crippen molar-refractivity contribution in [1.82, 2.24) is 4.57 Å². The lowest BCUT2D eigenvalue weighted by atomic mass is 10.2. The SMILES string of the molecule is COc1ccc2c(ccn2CC2CO2)c1. The van der Waals surface area contributed by atoms with Gasteiger partial charge in [0, 0.05) is 17.1 Å². The van der Waals surface area contributed by atoms with Crippen molar-refractivity contribution in [2.24, 2.45) is 0 Å². The molecule has 1 fully saturated rings. The van der Waals surface area contributed by atoms with Gasteiger partial charge >= 0.3 is 0 Å². The molecule has 1 aliphatic heterocycles. The molecule has 3 nitrogen and oxygen atoms in total. The maximum atomic E-state index is 5.23. The summed E-state index contributed by atoms with van der Waals surface area (Å²) in [6.45, 7) is 1.85. The average Bonchev–Trinajstić information content (AvgIpc) is 2.99. The first-order chi connectivity index (χ1) is 7.36. The fourth-order valence-electron chi connectivity index (χ4n) is 1.86. The van der Waals surface area contributed by atoms with Crippen molar-refractivity contribution < 1.29 is 9.47 Å². The fourth-order valence-corrected chi connectivity index (χ4v) is 1.86. The maximum absolute atomic E-state index is 5.23. The summed E-state index contributed by atoms with van der Waals surface area (Å²) >= 11 is 0. The van der Waals surface area contributed by atoms with Crippen molar-refractivity contribution in [3.05, 3.63) is 30.5 Å². The van der Waals surface area contributed by atoms with E-state index in [1.807, 2.05) is 6.07 Å². The Morgan fingerprint density at radius 1 is 1.47 bits per heavy atom. The van der Waals surface area contributed by atoms with Crippen molar-refractivity contribution in [1.29, 1.82) is 0 Å². The van der Waals surface area contributed by atoms with E-state index in [-0.39, 0.29) is 0 Å². The summed E-state index contributed by atoms with van der Waals surface area (Å²) in [6, 6.07) is 8.25. The van der Waals surface area contributed by atoms with E-state index in [9.17, 15) is 0 Å². The van der Waals surface area contributed by atoms with Crippen LogP contribution in [0, 0.1) is 0 Å². The van der Waals surface area contributed by atoms with E-state index in [4.69, 9.17) is 9.47 Å². The molecule has 3 heteroatoms. The number of nitrogens with zero attached hydrogens (tertiary/aromatic N) is 1. The number of methoxy groups -OCH3 is 1. The first kappa shape index (κ1) is 8.80. The molecule has 0 radical (unpaired) electrons. The Kier molecular flexibility index (Phi) is 1.92. The summed E-state index contributed by atoms with van der Waals surface area (Å²) in [5.74, 6) is 0.905. The molecule has 0 spiro atoms. The number of fused-ring (bicyclic) bond motifs is 1. The fraction of sp³-hybridized carbons (Fsp3) is 0.333. The molecule has 1 aliphatic rings. The summed E-state index contributed by atoms with van der Waals surface area (Å²) in [7, 11) is 1.69. The van der Waals surface area contributed by atoms with Gasteiger partial charge < -0.3 is 14.0 Å². The highest BCUT2D eigenvalue weighted by atomic mass is 16.6. The minimum Gasteiger partial charge on any atom is -0.497 e. The quantitative estimate of drug-likeness (QED) is 0.714. The zero-order valence-electron chi connectivity index (χ0n) is 8.64. The standard InChI is InChI=1S/C12H13NO2/c1-14-10-2-3-12-9(6-10)4-5-13(12)7-11-8-15-11/h2-6,11H,7-8H2,1H3. The largest absolute Gasteiger partial charge is 0.497 e. The number of ether oxygens (including phenoxy) is 2. The van der Waals surface area contributed by atoms with Crippen LogP contribution in [0.5, 0.6) is 5.75 Å². The lowest BCUT2D eigenvalue weighted by Crippen LogP contribution is -2.01. The molecule has 0 amide bonds. The zero-order valence-corrected chi connectivity index (χ0v) is 8.64. The van der Waals surface area contributed by atoms with Gasteiger partial charge in [-0.05, 0) is 24.3 Å². The summed E-state index contributed by atoms with van der Waals surface area (Å²) in [4.78, 5) is 0. The third kappa shape index (κ3) is 1.59. The highest BCUT2D eigenvalue weighted by molar-refractivity contribution is 5.81. The van der Waals surface area contributed by atoms with Gasteiger partial charge in [-0.1, -0.05) is 0 Å². The van der Waals surface area contributed by atoms with Crippen LogP contribution in [-0.2, 0) is 11.3 Å². The molecule has 0 aliphatic carbocycles. The van der Waals surface area contributed by atoms with Crippen molar-refractivity contribution in [2.75, 3.05) is 13.7 Å². The second-order valence-electron chi connectivity index (χ2n) is 3.85. The monoisotopic (exact) mass is 203 g/mol. The Morgan fingerprint density at radius 3 is 3.07 bits per heavy atom. The van der Waals surface area contributed by atoms with Crippen LogP contribution in [0.25, 0.3) is 10.9 Å². The second-order valence-corrected chi connectivity index (χ2v) is 3.85. The molecule has 1 aromatic heterocycles. The summed E-state index contributed by atoms with van der Waals surface area (Å²) in [6.07, 6.45) is 2.52. The molecule has 0 saturated carbocycles. The Hall–Kier alpha value is -1.48. The summed E-state index contributed by atoms with van der Waals surface area (Å²) < 4.78 is 12.6. The Balaban J connectivity index is 2.01. The number of epoxide rings is 1. The molecule has 2 heterocycles. The van der Waals surface area contributed by atoms with Crippen LogP contribution in [0.1, 0.15) is 0 Å². The first-order valence-corrected chi connectivity index (χ1v) is 5.11. The molecule has 1 saturated heterocycles. The van der Waals surface area contributed by atoms with Gasteiger partial charge in [0.15, 0.2) is 0 Å². The van der Waals surface area contributed by atoms with Crippen LogP contribution < -0.4 is 4.74 Å². The molecule has 0 bridgehead atoms. The van der Waals surface area contributed by atoms with E-state index in [1.165, 1.54) is 10.9 Å². The second kappa shape index (κ2) is 3.28. The van der Waals surface area contributed by atoms with Crippen molar-refractivity contribution in [2.45, 2.75) is 12.6 Å². The molecule has 1 unspecified atom stereocenters. The van der Waals surface area contributed by atoms with E-state index in [1.54, 1.807) is 7.11 Å². The highest BCUT2D eigenvalue weighted by Crippen LogP contribution is 2.23. The van der Waals surface area contributed by atoms with Gasteiger partial charge in [0.1, 0.15) is 5.75 Å². The normalized spacial score (nSPS) is 19.4. The zero-order chi connectivity index (χ0) is 10.3. The van der Waals surface area contributed by atoms with Crippen molar-refractivity contribution in [3.8, 4) is 5.75 Å². The summed E-state index contributed by atoms with van der Waals surface area (Å²) in [5.41, 5.74) is 1.24. The molecular weight excluding hydrogens is 190 g/mol. The van der Waals surface area contributed by atoms with E-state index in [2.05, 4.69) is 29.0 Å². The molecule has 78 valence electrons. The van der Waals surface area contributed by atoms with Gasteiger partial charge in [-0.2, -0.15) is 0 Å². The average molecular weight is 203 g/mol. The van der Waals surface area contributed by atoms with Crippen molar-refractivity contribution in [3.63, 3.8) is 0 Å². The van der Waals surface area contributed by atoms with Crippen LogP contribution in [0.3, 0.4) is 0 Å². The molecule has 0 N–H and O–H groups in total. The minimum absolute atomic E-state index is 0.419. The van der Waals surface area contributed by atoms with Crippen molar-refractivity contribution >= 4 is 10.9 Å². The number of rotatable bonds is 3. The van der Waals surface area contributed by atoms with E-state index >= 15 is 0 Å². The lowest BCUT2D eigenvalue weighted by molar-refractivity contribution is 0.385. The van der Waals surface area contributed by atoms with Gasteiger partial charge in [0.2, 0.25) is 0 Å². The van der Waals surface area contributed by atoms with Gasteiger partial charge in [0.25, 0.3) is 0 Å². The van der Waals surface area contributed by atoms with Crippen LogP contribution in [0.2, 0.25) is 0 Å². The van der Waals surface area contributed by atoms with E-state index < -0.39 is 0 Å². The predicted octanol–water partition coefficient (Wildman–Crippen LogP) is 2.05. The highest BCUT2D eigenvalue weighted by Gasteiger charge is 2.23. The number of hydrogen-bond donors (Lipinski definition) is 0. The van der Waals surface area contributed by atoms with E-state index in [0.29, 0.717) is 6.10 Å². The molecule has 15 heavy (non-hydrogen) atoms. The molecule has 1 aromatic carbocycles. The third-order valence-electron chi connectivity index (χ3n) is 2.78. The Labute approximate surface area is 88.2 Å².